The zero-order chi connectivity index (χ0) is 24.6. The maximum absolute atomic E-state index is 13.5. The molecule has 3 aromatic rings. The molecule has 0 bridgehead atoms. The van der Waals surface area contributed by atoms with E-state index in [9.17, 15) is 24.6 Å². The van der Waals surface area contributed by atoms with E-state index in [-0.39, 0.29) is 22.9 Å². The fourth-order valence-corrected chi connectivity index (χ4v) is 3.97. The molecule has 7 nitrogen and oxygen atoms in total. The predicted octanol–water partition coefficient (Wildman–Crippen LogP) is 4.99. The van der Waals surface area contributed by atoms with Gasteiger partial charge in [-0.1, -0.05) is 67.9 Å². The van der Waals surface area contributed by atoms with Crippen LogP contribution in [0.5, 0.6) is 0 Å². The van der Waals surface area contributed by atoms with Crippen LogP contribution < -0.4 is 4.90 Å². The van der Waals surface area contributed by atoms with Crippen LogP contribution in [0, 0.1) is 6.92 Å². The summed E-state index contributed by atoms with van der Waals surface area (Å²) in [4.78, 5) is 43.3. The number of rotatable bonds is 6. The lowest BCUT2D eigenvalue weighted by Gasteiger charge is -2.26. The van der Waals surface area contributed by atoms with Gasteiger partial charge >= 0.3 is 5.97 Å². The van der Waals surface area contributed by atoms with E-state index >= 15 is 0 Å². The van der Waals surface area contributed by atoms with Crippen LogP contribution in [0.15, 0.2) is 78.2 Å². The van der Waals surface area contributed by atoms with Crippen LogP contribution >= 0.6 is 0 Å². The first-order valence-corrected chi connectivity index (χ1v) is 10.9. The van der Waals surface area contributed by atoms with Crippen LogP contribution in [-0.2, 0) is 4.79 Å². The van der Waals surface area contributed by atoms with Gasteiger partial charge in [0, 0.05) is 11.8 Å². The van der Waals surface area contributed by atoms with Crippen molar-refractivity contribution in [2.45, 2.75) is 32.7 Å². The Balaban J connectivity index is 1.84. The SMILES string of the molecule is Cc1ccc(C(=O)C2=C(O)C(=O)N(c3ccc(C(=O)O)cn3)C2c2ccc(C(C)C)cc2)cc1. The number of carboxylic acid groups (broad SMARTS) is 1. The number of nitrogens with zero attached hydrogens (tertiary/aromatic N) is 2. The maximum Gasteiger partial charge on any atom is 0.337 e. The highest BCUT2D eigenvalue weighted by Gasteiger charge is 2.45. The zero-order valence-electron chi connectivity index (χ0n) is 19.0. The minimum Gasteiger partial charge on any atom is -0.503 e. The fraction of sp³-hybridized carbons (Fsp3) is 0.185. The molecule has 4 rings (SSSR count). The number of carbonyl (C=O) groups excluding carboxylic acids is 2. The number of aromatic nitrogens is 1. The topological polar surface area (TPSA) is 108 Å². The molecule has 1 aliphatic heterocycles. The molecule has 34 heavy (non-hydrogen) atoms. The van der Waals surface area contributed by atoms with Crippen LogP contribution in [0.3, 0.4) is 0 Å². The number of aliphatic hydroxyl groups is 1. The second-order valence-electron chi connectivity index (χ2n) is 8.57. The van der Waals surface area contributed by atoms with Crippen LogP contribution in [0.2, 0.25) is 0 Å². The molecule has 0 aliphatic carbocycles. The van der Waals surface area contributed by atoms with Gasteiger partial charge in [0.2, 0.25) is 0 Å². The van der Waals surface area contributed by atoms with Crippen LogP contribution in [0.1, 0.15) is 63.2 Å². The third-order valence-electron chi connectivity index (χ3n) is 5.93. The van der Waals surface area contributed by atoms with Crippen molar-refractivity contribution in [3.05, 3.63) is 106 Å². The minimum atomic E-state index is -1.15. The van der Waals surface area contributed by atoms with E-state index in [0.717, 1.165) is 17.3 Å². The lowest BCUT2D eigenvalue weighted by molar-refractivity contribution is -0.117. The highest BCUT2D eigenvalue weighted by molar-refractivity contribution is 6.20. The van der Waals surface area contributed by atoms with Crippen molar-refractivity contribution in [3.63, 3.8) is 0 Å². The molecule has 0 saturated carbocycles. The number of aliphatic hydroxyl groups excluding tert-OH is 1. The summed E-state index contributed by atoms with van der Waals surface area (Å²) in [6.45, 7) is 6.02. The van der Waals surface area contributed by atoms with Gasteiger partial charge in [-0.05, 0) is 36.1 Å². The van der Waals surface area contributed by atoms with Gasteiger partial charge in [0.05, 0.1) is 17.2 Å². The van der Waals surface area contributed by atoms with E-state index in [4.69, 9.17) is 0 Å². The molecule has 7 heteroatoms. The number of benzene rings is 2. The smallest absolute Gasteiger partial charge is 0.337 e. The summed E-state index contributed by atoms with van der Waals surface area (Å²) in [5.74, 6) is -2.61. The number of amides is 1. The number of carboxylic acids is 1. The second-order valence-corrected chi connectivity index (χ2v) is 8.57. The summed E-state index contributed by atoms with van der Waals surface area (Å²) in [6, 6.07) is 16.2. The Morgan fingerprint density at radius 2 is 1.56 bits per heavy atom. The molecule has 0 spiro atoms. The van der Waals surface area contributed by atoms with E-state index in [1.165, 1.54) is 17.0 Å². The predicted molar refractivity (Wildman–Crippen MR) is 127 cm³/mol. The highest BCUT2D eigenvalue weighted by atomic mass is 16.4. The maximum atomic E-state index is 13.5. The number of anilines is 1. The lowest BCUT2D eigenvalue weighted by Crippen LogP contribution is -2.31. The molecule has 0 fully saturated rings. The van der Waals surface area contributed by atoms with Gasteiger partial charge in [0.1, 0.15) is 5.82 Å². The van der Waals surface area contributed by atoms with Crippen molar-refractivity contribution in [3.8, 4) is 0 Å². The molecule has 1 aliphatic rings. The number of hydrogen-bond acceptors (Lipinski definition) is 5. The Morgan fingerprint density at radius 1 is 0.941 bits per heavy atom. The lowest BCUT2D eigenvalue weighted by atomic mass is 9.91. The Kier molecular flexibility index (Phi) is 6.03. The fourth-order valence-electron chi connectivity index (χ4n) is 3.97. The Bertz CT molecular complexity index is 1290. The van der Waals surface area contributed by atoms with Crippen molar-refractivity contribution in [2.75, 3.05) is 4.90 Å². The summed E-state index contributed by atoms with van der Waals surface area (Å²) >= 11 is 0. The van der Waals surface area contributed by atoms with Crippen LogP contribution in [-0.4, -0.2) is 32.9 Å². The average Bonchev–Trinajstić information content (AvgIpc) is 3.09. The van der Waals surface area contributed by atoms with Gasteiger partial charge in [0.15, 0.2) is 11.5 Å². The van der Waals surface area contributed by atoms with Gasteiger partial charge in [-0.25, -0.2) is 9.78 Å². The van der Waals surface area contributed by atoms with Crippen molar-refractivity contribution >= 4 is 23.5 Å². The van der Waals surface area contributed by atoms with Crippen molar-refractivity contribution in [2.24, 2.45) is 0 Å². The second kappa shape index (κ2) is 8.94. The molecule has 2 aromatic carbocycles. The van der Waals surface area contributed by atoms with Gasteiger partial charge < -0.3 is 10.2 Å². The summed E-state index contributed by atoms with van der Waals surface area (Å²) in [5.41, 5.74) is 2.95. The Morgan fingerprint density at radius 3 is 2.09 bits per heavy atom. The Hall–Kier alpha value is -4.26. The molecular weight excluding hydrogens is 432 g/mol. The van der Waals surface area contributed by atoms with Crippen molar-refractivity contribution in [1.82, 2.24) is 4.98 Å². The van der Waals surface area contributed by atoms with Gasteiger partial charge in [0.25, 0.3) is 5.91 Å². The molecule has 1 aromatic heterocycles. The number of aromatic carboxylic acids is 1. The van der Waals surface area contributed by atoms with E-state index in [0.29, 0.717) is 11.1 Å². The standard InChI is InChI=1S/C27H24N2O5/c1-15(2)17-8-10-18(11-9-17)23-22(24(30)19-6-4-16(3)5-7-19)25(31)26(32)29(23)21-13-12-20(14-28-21)27(33)34/h4-15,23,31H,1-3H3,(H,33,34). The first kappa shape index (κ1) is 22.9. The zero-order valence-corrected chi connectivity index (χ0v) is 19.0. The van der Waals surface area contributed by atoms with Crippen LogP contribution in [0.25, 0.3) is 0 Å². The number of pyridine rings is 1. The van der Waals surface area contributed by atoms with E-state index in [2.05, 4.69) is 18.8 Å². The number of aryl methyl sites for hydroxylation is 1. The van der Waals surface area contributed by atoms with Crippen LogP contribution in [0.4, 0.5) is 5.82 Å². The molecule has 1 unspecified atom stereocenters. The number of ketones is 1. The molecule has 1 amide bonds. The number of carbonyl (C=O) groups is 3. The first-order valence-electron chi connectivity index (χ1n) is 10.9. The summed E-state index contributed by atoms with van der Waals surface area (Å²) in [5, 5.41) is 20.0. The monoisotopic (exact) mass is 456 g/mol. The average molecular weight is 456 g/mol. The van der Waals surface area contributed by atoms with E-state index in [1.54, 1.807) is 24.3 Å². The van der Waals surface area contributed by atoms with Gasteiger partial charge in [-0.15, -0.1) is 0 Å². The summed E-state index contributed by atoms with van der Waals surface area (Å²) in [7, 11) is 0. The third-order valence-corrected chi connectivity index (χ3v) is 5.93. The Labute approximate surface area is 197 Å². The largest absolute Gasteiger partial charge is 0.503 e. The molecular formula is C27H24N2O5. The van der Waals surface area contributed by atoms with Gasteiger partial charge in [-0.2, -0.15) is 0 Å². The molecule has 172 valence electrons. The molecule has 1 atom stereocenters. The normalized spacial score (nSPS) is 15.8. The summed E-state index contributed by atoms with van der Waals surface area (Å²) < 4.78 is 0. The molecule has 2 heterocycles. The van der Waals surface area contributed by atoms with Crippen molar-refractivity contribution < 1.29 is 24.6 Å². The quantitative estimate of drug-likeness (QED) is 0.506. The van der Waals surface area contributed by atoms with Crippen molar-refractivity contribution in [1.29, 1.82) is 0 Å². The summed E-state index contributed by atoms with van der Waals surface area (Å²) in [6.07, 6.45) is 1.14. The first-order chi connectivity index (χ1) is 16.2. The van der Waals surface area contributed by atoms with E-state index in [1.807, 2.05) is 31.2 Å². The number of Topliss-reactive ketones (excluding diaryl/α,β-unsaturated/α-hetero) is 1. The molecule has 0 radical (unpaired) electrons. The minimum absolute atomic E-state index is 0.0404. The number of hydrogen-bond donors (Lipinski definition) is 2. The molecule has 2 N–H and O–H groups in total. The molecule has 0 saturated heterocycles. The van der Waals surface area contributed by atoms with E-state index < -0.39 is 29.5 Å². The third kappa shape index (κ3) is 4.08. The van der Waals surface area contributed by atoms with Gasteiger partial charge in [-0.3, -0.25) is 14.5 Å². The highest BCUT2D eigenvalue weighted by Crippen LogP contribution is 2.41.